The fourth-order valence-corrected chi connectivity index (χ4v) is 1.37. The van der Waals surface area contributed by atoms with Crippen molar-refractivity contribution in [2.75, 3.05) is 0 Å². The van der Waals surface area contributed by atoms with Crippen LogP contribution in [0.1, 0.15) is 15.9 Å². The molecule has 0 heterocycles. The van der Waals surface area contributed by atoms with Crippen LogP contribution in [0.2, 0.25) is 0 Å². The highest BCUT2D eigenvalue weighted by atomic mass is 16.4. The maximum atomic E-state index is 10.7. The molecule has 0 saturated carbocycles. The van der Waals surface area contributed by atoms with Gasteiger partial charge in [0.1, 0.15) is 0 Å². The van der Waals surface area contributed by atoms with Crippen molar-refractivity contribution >= 4 is 17.9 Å². The van der Waals surface area contributed by atoms with Gasteiger partial charge in [0, 0.05) is 6.21 Å². The van der Waals surface area contributed by atoms with E-state index < -0.39 is 5.97 Å². The monoisotopic (exact) mass is 225 g/mol. The Balaban J connectivity index is 2.14. The van der Waals surface area contributed by atoms with Gasteiger partial charge < -0.3 is 5.11 Å². The molecule has 84 valence electrons. The molecule has 3 nitrogen and oxygen atoms in total. The van der Waals surface area contributed by atoms with Crippen molar-refractivity contribution < 1.29 is 9.90 Å². The van der Waals surface area contributed by atoms with Gasteiger partial charge in [0.2, 0.25) is 0 Å². The fraction of sp³-hybridized carbons (Fsp3) is 0. The zero-order chi connectivity index (χ0) is 12.1. The van der Waals surface area contributed by atoms with Gasteiger partial charge in [-0.25, -0.2) is 4.79 Å². The first-order chi connectivity index (χ1) is 8.25. The van der Waals surface area contributed by atoms with Crippen LogP contribution in [-0.4, -0.2) is 17.3 Å². The topological polar surface area (TPSA) is 49.7 Å². The molecule has 2 aromatic rings. The lowest BCUT2D eigenvalue weighted by Crippen LogP contribution is -1.95. The van der Waals surface area contributed by atoms with Crippen LogP contribution < -0.4 is 0 Å². The number of para-hydroxylation sites is 1. The predicted molar refractivity (Wildman–Crippen MR) is 67.1 cm³/mol. The molecule has 0 aromatic heterocycles. The number of nitrogens with zero attached hydrogens (tertiary/aromatic N) is 1. The highest BCUT2D eigenvalue weighted by Crippen LogP contribution is 2.10. The third-order valence-corrected chi connectivity index (χ3v) is 2.28. The summed E-state index contributed by atoms with van der Waals surface area (Å²) in [6.45, 7) is 0. The van der Waals surface area contributed by atoms with Crippen molar-refractivity contribution in [3.05, 3.63) is 65.7 Å². The number of hydrogen-bond donors (Lipinski definition) is 1. The second-order valence-electron chi connectivity index (χ2n) is 3.52. The van der Waals surface area contributed by atoms with Gasteiger partial charge in [-0.05, 0) is 29.8 Å². The van der Waals surface area contributed by atoms with Crippen molar-refractivity contribution in [1.82, 2.24) is 0 Å². The van der Waals surface area contributed by atoms with Gasteiger partial charge in [-0.2, -0.15) is 0 Å². The minimum atomic E-state index is -0.920. The molecular weight excluding hydrogens is 214 g/mol. The molecule has 0 fully saturated rings. The molecule has 17 heavy (non-hydrogen) atoms. The van der Waals surface area contributed by atoms with E-state index in [1.807, 2.05) is 30.3 Å². The number of aliphatic imine (C=N–C) groups is 1. The third-order valence-electron chi connectivity index (χ3n) is 2.28. The Morgan fingerprint density at radius 3 is 2.24 bits per heavy atom. The molecule has 0 aliphatic heterocycles. The number of carboxylic acid groups (broad SMARTS) is 1. The Morgan fingerprint density at radius 1 is 1.00 bits per heavy atom. The average Bonchev–Trinajstić information content (AvgIpc) is 2.38. The second kappa shape index (κ2) is 5.07. The molecule has 0 bridgehead atoms. The van der Waals surface area contributed by atoms with Gasteiger partial charge in [-0.3, -0.25) is 4.99 Å². The van der Waals surface area contributed by atoms with E-state index in [9.17, 15) is 4.79 Å². The molecule has 0 atom stereocenters. The molecule has 0 aliphatic rings. The molecule has 0 saturated heterocycles. The first-order valence-electron chi connectivity index (χ1n) is 5.18. The molecule has 2 rings (SSSR count). The molecule has 0 radical (unpaired) electrons. The summed E-state index contributed by atoms with van der Waals surface area (Å²) >= 11 is 0. The van der Waals surface area contributed by atoms with Gasteiger partial charge in [0.25, 0.3) is 0 Å². The van der Waals surface area contributed by atoms with Crippen LogP contribution in [0.4, 0.5) is 5.69 Å². The normalized spacial score (nSPS) is 10.6. The Labute approximate surface area is 99.1 Å². The summed E-state index contributed by atoms with van der Waals surface area (Å²) in [5.74, 6) is -0.920. The molecular formula is C14H11NO2. The fourth-order valence-electron chi connectivity index (χ4n) is 1.37. The summed E-state index contributed by atoms with van der Waals surface area (Å²) in [7, 11) is 0. The average molecular weight is 225 g/mol. The summed E-state index contributed by atoms with van der Waals surface area (Å²) in [6, 6.07) is 16.2. The molecule has 3 heteroatoms. The van der Waals surface area contributed by atoms with Crippen molar-refractivity contribution in [2.45, 2.75) is 0 Å². The van der Waals surface area contributed by atoms with Gasteiger partial charge >= 0.3 is 5.97 Å². The van der Waals surface area contributed by atoms with E-state index in [4.69, 9.17) is 5.11 Å². The number of carbonyl (C=O) groups is 1. The molecule has 0 spiro atoms. The van der Waals surface area contributed by atoms with Crippen LogP contribution in [0.5, 0.6) is 0 Å². The summed E-state index contributed by atoms with van der Waals surface area (Å²) in [5.41, 5.74) is 2.02. The molecule has 2 aromatic carbocycles. The molecule has 0 aliphatic carbocycles. The number of aromatic carboxylic acids is 1. The SMILES string of the molecule is O=C(O)c1ccc(C=Nc2ccccc2)cc1. The van der Waals surface area contributed by atoms with Crippen molar-refractivity contribution in [1.29, 1.82) is 0 Å². The Bertz CT molecular complexity index is 530. The van der Waals surface area contributed by atoms with Crippen molar-refractivity contribution in [2.24, 2.45) is 4.99 Å². The third kappa shape index (κ3) is 3.01. The zero-order valence-corrected chi connectivity index (χ0v) is 9.08. The summed E-state index contributed by atoms with van der Waals surface area (Å²) in [4.78, 5) is 14.9. The van der Waals surface area contributed by atoms with E-state index >= 15 is 0 Å². The van der Waals surface area contributed by atoms with E-state index in [1.54, 1.807) is 30.5 Å². The van der Waals surface area contributed by atoms with E-state index in [2.05, 4.69) is 4.99 Å². The van der Waals surface area contributed by atoms with E-state index in [0.717, 1.165) is 11.3 Å². The van der Waals surface area contributed by atoms with Crippen LogP contribution in [0.25, 0.3) is 0 Å². The minimum absolute atomic E-state index is 0.280. The first-order valence-corrected chi connectivity index (χ1v) is 5.18. The number of benzene rings is 2. The zero-order valence-electron chi connectivity index (χ0n) is 9.08. The first kappa shape index (κ1) is 11.1. The lowest BCUT2D eigenvalue weighted by Gasteiger charge is -1.96. The highest BCUT2D eigenvalue weighted by molar-refractivity contribution is 5.89. The maximum Gasteiger partial charge on any atom is 0.335 e. The largest absolute Gasteiger partial charge is 0.478 e. The van der Waals surface area contributed by atoms with E-state index in [0.29, 0.717) is 0 Å². The Morgan fingerprint density at radius 2 is 1.65 bits per heavy atom. The van der Waals surface area contributed by atoms with Crippen molar-refractivity contribution in [3.63, 3.8) is 0 Å². The lowest BCUT2D eigenvalue weighted by molar-refractivity contribution is 0.0697. The van der Waals surface area contributed by atoms with Gasteiger partial charge in [-0.1, -0.05) is 30.3 Å². The number of rotatable bonds is 3. The Hall–Kier alpha value is -2.42. The van der Waals surface area contributed by atoms with Gasteiger partial charge in [0.15, 0.2) is 0 Å². The second-order valence-corrected chi connectivity index (χ2v) is 3.52. The van der Waals surface area contributed by atoms with Crippen LogP contribution in [0.15, 0.2) is 59.6 Å². The van der Waals surface area contributed by atoms with E-state index in [-0.39, 0.29) is 5.56 Å². The molecule has 1 N–H and O–H groups in total. The van der Waals surface area contributed by atoms with Crippen molar-refractivity contribution in [3.8, 4) is 0 Å². The standard InChI is InChI=1S/C14H11NO2/c16-14(17)12-8-6-11(7-9-12)10-15-13-4-2-1-3-5-13/h1-10H,(H,16,17). The summed E-state index contributed by atoms with van der Waals surface area (Å²) in [6.07, 6.45) is 1.71. The van der Waals surface area contributed by atoms with Crippen LogP contribution in [0.3, 0.4) is 0 Å². The van der Waals surface area contributed by atoms with Crippen LogP contribution in [-0.2, 0) is 0 Å². The summed E-state index contributed by atoms with van der Waals surface area (Å²) in [5, 5.41) is 8.75. The van der Waals surface area contributed by atoms with Crippen LogP contribution in [0, 0.1) is 0 Å². The quantitative estimate of drug-likeness (QED) is 0.816. The maximum absolute atomic E-state index is 10.7. The van der Waals surface area contributed by atoms with Crippen LogP contribution >= 0.6 is 0 Å². The smallest absolute Gasteiger partial charge is 0.335 e. The number of carboxylic acids is 1. The molecule has 0 unspecified atom stereocenters. The predicted octanol–water partition coefficient (Wildman–Crippen LogP) is 3.14. The number of hydrogen-bond acceptors (Lipinski definition) is 2. The van der Waals surface area contributed by atoms with E-state index in [1.165, 1.54) is 0 Å². The Kier molecular flexibility index (Phi) is 3.31. The lowest BCUT2D eigenvalue weighted by atomic mass is 10.1. The molecule has 0 amide bonds. The highest BCUT2D eigenvalue weighted by Gasteiger charge is 1.99. The summed E-state index contributed by atoms with van der Waals surface area (Å²) < 4.78 is 0. The minimum Gasteiger partial charge on any atom is -0.478 e. The van der Waals surface area contributed by atoms with Gasteiger partial charge in [0.05, 0.1) is 11.3 Å². The van der Waals surface area contributed by atoms with Gasteiger partial charge in [-0.15, -0.1) is 0 Å².